The lowest BCUT2D eigenvalue weighted by molar-refractivity contribution is 0.318. The molecular formula is C13H13F3N2O. The molecule has 1 aliphatic rings. The Morgan fingerprint density at radius 3 is 2.53 bits per heavy atom. The molecule has 0 fully saturated rings. The standard InChI is InChI=1S/C13H13F3N2O/c1-3-10(15)13(4-2)19-9-5-8(14)6-12(18-17)11(16)7-9/h3-7,12,18H,1-2,17H2/b13-10-. The fraction of sp³-hybridized carbons (Fsp3) is 0.0769. The van der Waals surface area contributed by atoms with Gasteiger partial charge in [-0.1, -0.05) is 13.2 Å². The van der Waals surface area contributed by atoms with Crippen LogP contribution in [0.5, 0.6) is 0 Å². The van der Waals surface area contributed by atoms with Crippen molar-refractivity contribution in [3.8, 4) is 0 Å². The van der Waals surface area contributed by atoms with Crippen molar-refractivity contribution in [2.45, 2.75) is 6.04 Å². The molecule has 0 bridgehead atoms. The molecule has 3 N–H and O–H groups in total. The minimum absolute atomic E-state index is 0.226. The maximum atomic E-state index is 13.6. The Hall–Kier alpha value is -2.05. The highest BCUT2D eigenvalue weighted by atomic mass is 19.1. The van der Waals surface area contributed by atoms with Crippen LogP contribution in [0.25, 0.3) is 0 Å². The van der Waals surface area contributed by atoms with Crippen LogP contribution in [-0.2, 0) is 4.74 Å². The average Bonchev–Trinajstić information content (AvgIpc) is 2.53. The Labute approximate surface area is 108 Å². The summed E-state index contributed by atoms with van der Waals surface area (Å²) in [6.07, 6.45) is 4.67. The van der Waals surface area contributed by atoms with Crippen LogP contribution in [-0.4, -0.2) is 6.04 Å². The van der Waals surface area contributed by atoms with E-state index in [2.05, 4.69) is 18.6 Å². The van der Waals surface area contributed by atoms with Crippen LogP contribution in [0, 0.1) is 0 Å². The van der Waals surface area contributed by atoms with Gasteiger partial charge in [0.1, 0.15) is 17.4 Å². The molecular weight excluding hydrogens is 257 g/mol. The summed E-state index contributed by atoms with van der Waals surface area (Å²) < 4.78 is 45.3. The number of hydrazine groups is 1. The number of ether oxygens (including phenoxy) is 1. The SMILES string of the molecule is C=C/C(F)=C(\C=C)OC1=CC(F)=CC(NN)C(F)=C1. The van der Waals surface area contributed by atoms with Crippen LogP contribution in [0.15, 0.2) is 72.5 Å². The molecule has 0 aromatic carbocycles. The van der Waals surface area contributed by atoms with Gasteiger partial charge in [0.15, 0.2) is 11.6 Å². The Balaban J connectivity index is 3.08. The fourth-order valence-electron chi connectivity index (χ4n) is 1.29. The third-order valence-corrected chi connectivity index (χ3v) is 2.19. The van der Waals surface area contributed by atoms with Crippen LogP contribution in [0.4, 0.5) is 13.2 Å². The molecule has 1 rings (SSSR count). The van der Waals surface area contributed by atoms with Gasteiger partial charge >= 0.3 is 0 Å². The summed E-state index contributed by atoms with van der Waals surface area (Å²) in [7, 11) is 0. The van der Waals surface area contributed by atoms with Gasteiger partial charge in [0.2, 0.25) is 0 Å². The zero-order valence-electron chi connectivity index (χ0n) is 10.00. The van der Waals surface area contributed by atoms with E-state index in [0.29, 0.717) is 0 Å². The van der Waals surface area contributed by atoms with E-state index in [-0.39, 0.29) is 11.5 Å². The molecule has 0 radical (unpaired) electrons. The topological polar surface area (TPSA) is 47.3 Å². The number of rotatable bonds is 5. The average molecular weight is 270 g/mol. The quantitative estimate of drug-likeness (QED) is 0.349. The molecule has 0 heterocycles. The Bertz CT molecular complexity index is 504. The first kappa shape index (κ1) is 15.0. The lowest BCUT2D eigenvalue weighted by Gasteiger charge is -2.09. The lowest BCUT2D eigenvalue weighted by atomic mass is 10.2. The van der Waals surface area contributed by atoms with E-state index in [4.69, 9.17) is 10.6 Å². The van der Waals surface area contributed by atoms with Gasteiger partial charge in [-0.2, -0.15) is 0 Å². The third kappa shape index (κ3) is 3.97. The van der Waals surface area contributed by atoms with Gasteiger partial charge in [0, 0.05) is 12.2 Å². The second-order valence-corrected chi connectivity index (χ2v) is 3.49. The summed E-state index contributed by atoms with van der Waals surface area (Å²) in [6.45, 7) is 6.55. The molecule has 0 aliphatic heterocycles. The van der Waals surface area contributed by atoms with Crippen molar-refractivity contribution in [2.75, 3.05) is 0 Å². The maximum absolute atomic E-state index is 13.6. The Kier molecular flexibility index (Phi) is 5.35. The van der Waals surface area contributed by atoms with Gasteiger partial charge in [0.05, 0.1) is 6.04 Å². The van der Waals surface area contributed by atoms with Crippen LogP contribution >= 0.6 is 0 Å². The van der Waals surface area contributed by atoms with Crippen molar-refractivity contribution in [3.63, 3.8) is 0 Å². The molecule has 1 atom stereocenters. The van der Waals surface area contributed by atoms with Crippen LogP contribution in [0.1, 0.15) is 0 Å². The molecule has 1 unspecified atom stereocenters. The predicted octanol–water partition coefficient (Wildman–Crippen LogP) is 2.99. The number of nitrogens with one attached hydrogen (secondary N) is 1. The molecule has 0 spiro atoms. The first-order valence-corrected chi connectivity index (χ1v) is 5.26. The maximum Gasteiger partial charge on any atom is 0.165 e. The zero-order valence-corrected chi connectivity index (χ0v) is 10.00. The second-order valence-electron chi connectivity index (χ2n) is 3.49. The van der Waals surface area contributed by atoms with Gasteiger partial charge in [-0.05, 0) is 18.2 Å². The summed E-state index contributed by atoms with van der Waals surface area (Å²) in [5.74, 6) is 2.20. The van der Waals surface area contributed by atoms with E-state index in [1.165, 1.54) is 0 Å². The predicted molar refractivity (Wildman–Crippen MR) is 67.2 cm³/mol. The normalized spacial score (nSPS) is 20.4. The smallest absolute Gasteiger partial charge is 0.165 e. The number of hydrogen-bond donors (Lipinski definition) is 2. The second kappa shape index (κ2) is 6.77. The monoisotopic (exact) mass is 270 g/mol. The summed E-state index contributed by atoms with van der Waals surface area (Å²) in [4.78, 5) is 0. The zero-order chi connectivity index (χ0) is 14.4. The van der Waals surface area contributed by atoms with E-state index in [1.54, 1.807) is 0 Å². The Morgan fingerprint density at radius 1 is 1.32 bits per heavy atom. The van der Waals surface area contributed by atoms with E-state index >= 15 is 0 Å². The number of allylic oxidation sites excluding steroid dienone is 6. The van der Waals surface area contributed by atoms with Gasteiger partial charge in [-0.25, -0.2) is 18.6 Å². The Morgan fingerprint density at radius 2 is 2.00 bits per heavy atom. The van der Waals surface area contributed by atoms with E-state index in [9.17, 15) is 13.2 Å². The van der Waals surface area contributed by atoms with Crippen LogP contribution in [0.2, 0.25) is 0 Å². The molecule has 0 aromatic rings. The first-order chi connectivity index (χ1) is 9.01. The highest BCUT2D eigenvalue weighted by Crippen LogP contribution is 2.23. The highest BCUT2D eigenvalue weighted by molar-refractivity contribution is 5.35. The van der Waals surface area contributed by atoms with Crippen molar-refractivity contribution in [2.24, 2.45) is 5.84 Å². The van der Waals surface area contributed by atoms with Crippen molar-refractivity contribution >= 4 is 0 Å². The van der Waals surface area contributed by atoms with Crippen molar-refractivity contribution in [1.29, 1.82) is 0 Å². The van der Waals surface area contributed by atoms with Gasteiger partial charge < -0.3 is 4.74 Å². The summed E-state index contributed by atoms with van der Waals surface area (Å²) in [6, 6.07) is -1.11. The molecule has 3 nitrogen and oxygen atoms in total. The van der Waals surface area contributed by atoms with E-state index in [1.807, 2.05) is 0 Å². The fourth-order valence-corrected chi connectivity index (χ4v) is 1.29. The van der Waals surface area contributed by atoms with Crippen LogP contribution in [0.3, 0.4) is 0 Å². The first-order valence-electron chi connectivity index (χ1n) is 5.26. The van der Waals surface area contributed by atoms with E-state index < -0.39 is 23.5 Å². The largest absolute Gasteiger partial charge is 0.454 e. The number of hydrogen-bond acceptors (Lipinski definition) is 3. The molecule has 0 saturated heterocycles. The lowest BCUT2D eigenvalue weighted by Crippen LogP contribution is -2.34. The van der Waals surface area contributed by atoms with Crippen molar-refractivity contribution in [1.82, 2.24) is 5.43 Å². The van der Waals surface area contributed by atoms with Crippen molar-refractivity contribution < 1.29 is 17.9 Å². The minimum Gasteiger partial charge on any atom is -0.454 e. The minimum atomic E-state index is -1.11. The molecule has 0 amide bonds. The third-order valence-electron chi connectivity index (χ3n) is 2.19. The van der Waals surface area contributed by atoms with Gasteiger partial charge in [-0.3, -0.25) is 5.84 Å². The number of nitrogens with two attached hydrogens (primary N) is 1. The molecule has 102 valence electrons. The molecule has 0 saturated carbocycles. The summed E-state index contributed by atoms with van der Waals surface area (Å²) in [5, 5.41) is 0. The van der Waals surface area contributed by atoms with Crippen molar-refractivity contribution in [3.05, 3.63) is 72.5 Å². The summed E-state index contributed by atoms with van der Waals surface area (Å²) in [5.41, 5.74) is 2.07. The summed E-state index contributed by atoms with van der Waals surface area (Å²) >= 11 is 0. The van der Waals surface area contributed by atoms with E-state index in [0.717, 1.165) is 30.4 Å². The highest BCUT2D eigenvalue weighted by Gasteiger charge is 2.17. The molecule has 19 heavy (non-hydrogen) atoms. The molecule has 1 aliphatic carbocycles. The molecule has 6 heteroatoms. The van der Waals surface area contributed by atoms with Gasteiger partial charge in [0.25, 0.3) is 0 Å². The van der Waals surface area contributed by atoms with Gasteiger partial charge in [-0.15, -0.1) is 0 Å². The number of halogens is 3. The van der Waals surface area contributed by atoms with Crippen LogP contribution < -0.4 is 11.3 Å². The molecule has 0 aromatic heterocycles.